The lowest BCUT2D eigenvalue weighted by Crippen LogP contribution is -2.24. The second kappa shape index (κ2) is 5.19. The summed E-state index contributed by atoms with van der Waals surface area (Å²) in [5, 5.41) is 8.14. The zero-order valence-corrected chi connectivity index (χ0v) is 11.4. The standard InChI is InChI=1S/C10H14N4O2S2/c1-7-2-3-17-9(7)6-13-18(15,16)10-8(4-11)5-12-14-10/h2-3,5,13H,4,6,11H2,1H3,(H,12,14). The molecule has 0 spiro atoms. The number of thiophene rings is 1. The van der Waals surface area contributed by atoms with Gasteiger partial charge in [0.1, 0.15) is 0 Å². The van der Waals surface area contributed by atoms with Crippen LogP contribution < -0.4 is 10.5 Å². The maximum Gasteiger partial charge on any atom is 0.258 e. The molecule has 0 atom stereocenters. The molecule has 2 aromatic rings. The molecule has 0 amide bonds. The molecule has 8 heteroatoms. The highest BCUT2D eigenvalue weighted by Gasteiger charge is 2.20. The first kappa shape index (κ1) is 13.2. The summed E-state index contributed by atoms with van der Waals surface area (Å²) in [5.74, 6) is 0. The number of nitrogens with two attached hydrogens (primary N) is 1. The molecule has 0 radical (unpaired) electrons. The third-order valence-corrected chi connectivity index (χ3v) is 5.00. The maximum atomic E-state index is 12.0. The molecule has 0 saturated carbocycles. The molecular weight excluding hydrogens is 272 g/mol. The van der Waals surface area contributed by atoms with Crippen molar-refractivity contribution in [2.45, 2.75) is 25.0 Å². The van der Waals surface area contributed by atoms with E-state index in [2.05, 4.69) is 14.9 Å². The number of hydrogen-bond acceptors (Lipinski definition) is 5. The summed E-state index contributed by atoms with van der Waals surface area (Å²) in [6.45, 7) is 2.35. The monoisotopic (exact) mass is 286 g/mol. The maximum absolute atomic E-state index is 12.0. The minimum Gasteiger partial charge on any atom is -0.326 e. The normalized spacial score (nSPS) is 11.9. The second-order valence-electron chi connectivity index (χ2n) is 3.78. The van der Waals surface area contributed by atoms with Gasteiger partial charge >= 0.3 is 0 Å². The van der Waals surface area contributed by atoms with E-state index in [1.165, 1.54) is 17.5 Å². The first-order valence-electron chi connectivity index (χ1n) is 5.29. The van der Waals surface area contributed by atoms with E-state index in [9.17, 15) is 8.42 Å². The van der Waals surface area contributed by atoms with Crippen LogP contribution in [0.2, 0.25) is 0 Å². The van der Waals surface area contributed by atoms with Gasteiger partial charge in [0.2, 0.25) is 0 Å². The Bertz CT molecular complexity index is 630. The number of H-pyrrole nitrogens is 1. The van der Waals surface area contributed by atoms with Crippen molar-refractivity contribution in [2.24, 2.45) is 5.73 Å². The van der Waals surface area contributed by atoms with Gasteiger partial charge in [0.05, 0.1) is 6.20 Å². The van der Waals surface area contributed by atoms with Gasteiger partial charge in [-0.25, -0.2) is 13.1 Å². The topological polar surface area (TPSA) is 101 Å². The van der Waals surface area contributed by atoms with Crippen molar-refractivity contribution >= 4 is 21.4 Å². The van der Waals surface area contributed by atoms with Gasteiger partial charge in [0.15, 0.2) is 5.03 Å². The average molecular weight is 286 g/mol. The molecule has 2 heterocycles. The SMILES string of the molecule is Cc1ccsc1CNS(=O)(=O)c1[nH]ncc1CN. The van der Waals surface area contributed by atoms with Gasteiger partial charge in [-0.05, 0) is 23.9 Å². The number of aromatic nitrogens is 2. The van der Waals surface area contributed by atoms with Gasteiger partial charge in [0, 0.05) is 23.5 Å². The Balaban J connectivity index is 2.16. The number of aryl methyl sites for hydroxylation is 1. The quantitative estimate of drug-likeness (QED) is 0.753. The summed E-state index contributed by atoms with van der Waals surface area (Å²) in [6, 6.07) is 1.95. The minimum atomic E-state index is -3.59. The van der Waals surface area contributed by atoms with E-state index in [1.54, 1.807) is 0 Å². The van der Waals surface area contributed by atoms with E-state index < -0.39 is 10.0 Å². The van der Waals surface area contributed by atoms with Crippen LogP contribution in [0.15, 0.2) is 22.7 Å². The third-order valence-electron chi connectivity index (χ3n) is 2.56. The molecule has 4 N–H and O–H groups in total. The molecule has 6 nitrogen and oxygen atoms in total. The summed E-state index contributed by atoms with van der Waals surface area (Å²) in [4.78, 5) is 0.993. The molecule has 0 saturated heterocycles. The summed E-state index contributed by atoms with van der Waals surface area (Å²) in [5.41, 5.74) is 7.01. The molecule has 0 unspecified atom stereocenters. The molecular formula is C10H14N4O2S2. The largest absolute Gasteiger partial charge is 0.326 e. The van der Waals surface area contributed by atoms with E-state index in [0.29, 0.717) is 5.56 Å². The van der Waals surface area contributed by atoms with Crippen molar-refractivity contribution in [3.8, 4) is 0 Å². The van der Waals surface area contributed by atoms with Gasteiger partial charge in [-0.1, -0.05) is 0 Å². The molecule has 0 fully saturated rings. The highest BCUT2D eigenvalue weighted by Crippen LogP contribution is 2.17. The van der Waals surface area contributed by atoms with Gasteiger partial charge < -0.3 is 5.73 Å². The molecule has 2 aromatic heterocycles. The zero-order valence-electron chi connectivity index (χ0n) is 9.80. The molecule has 0 aliphatic carbocycles. The van der Waals surface area contributed by atoms with Gasteiger partial charge in [0.25, 0.3) is 10.0 Å². The van der Waals surface area contributed by atoms with E-state index >= 15 is 0 Å². The van der Waals surface area contributed by atoms with Crippen LogP contribution in [0.25, 0.3) is 0 Å². The van der Waals surface area contributed by atoms with Crippen molar-refractivity contribution < 1.29 is 8.42 Å². The van der Waals surface area contributed by atoms with E-state index in [1.807, 2.05) is 18.4 Å². The summed E-state index contributed by atoms with van der Waals surface area (Å²) >= 11 is 1.52. The predicted molar refractivity (Wildman–Crippen MR) is 69.6 cm³/mol. The fraction of sp³-hybridized carbons (Fsp3) is 0.300. The van der Waals surface area contributed by atoms with Crippen molar-refractivity contribution in [3.05, 3.63) is 33.6 Å². The van der Waals surface area contributed by atoms with Gasteiger partial charge in [-0.3, -0.25) is 5.10 Å². The van der Waals surface area contributed by atoms with Crippen LogP contribution in [0.1, 0.15) is 16.0 Å². The Labute approximate surface area is 109 Å². The van der Waals surface area contributed by atoms with Crippen LogP contribution in [-0.4, -0.2) is 18.6 Å². The number of nitrogens with zero attached hydrogens (tertiary/aromatic N) is 1. The number of sulfonamides is 1. The fourth-order valence-corrected chi connectivity index (χ4v) is 3.57. The number of nitrogens with one attached hydrogen (secondary N) is 2. The van der Waals surface area contributed by atoms with E-state index in [0.717, 1.165) is 10.4 Å². The van der Waals surface area contributed by atoms with Gasteiger partial charge in [-0.15, -0.1) is 11.3 Å². The number of aromatic amines is 1. The highest BCUT2D eigenvalue weighted by molar-refractivity contribution is 7.89. The van der Waals surface area contributed by atoms with Crippen molar-refractivity contribution in [1.82, 2.24) is 14.9 Å². The lowest BCUT2D eigenvalue weighted by molar-refractivity contribution is 0.576. The summed E-state index contributed by atoms with van der Waals surface area (Å²) < 4.78 is 26.6. The first-order valence-corrected chi connectivity index (χ1v) is 7.66. The van der Waals surface area contributed by atoms with Crippen LogP contribution in [-0.2, 0) is 23.1 Å². The molecule has 0 aliphatic rings. The Kier molecular flexibility index (Phi) is 3.81. The molecule has 2 rings (SSSR count). The minimum absolute atomic E-state index is 0.0409. The average Bonchev–Trinajstić information content (AvgIpc) is 2.95. The zero-order chi connectivity index (χ0) is 13.2. The lowest BCUT2D eigenvalue weighted by atomic mass is 10.3. The molecule has 0 aliphatic heterocycles. The van der Waals surface area contributed by atoms with Crippen LogP contribution in [0, 0.1) is 6.92 Å². The first-order chi connectivity index (χ1) is 8.54. The molecule has 18 heavy (non-hydrogen) atoms. The molecule has 0 aromatic carbocycles. The van der Waals surface area contributed by atoms with E-state index in [4.69, 9.17) is 5.73 Å². The van der Waals surface area contributed by atoms with Crippen LogP contribution in [0.3, 0.4) is 0 Å². The number of hydrogen-bond donors (Lipinski definition) is 3. The Morgan fingerprint density at radius 1 is 1.56 bits per heavy atom. The molecule has 0 bridgehead atoms. The fourth-order valence-electron chi connectivity index (χ4n) is 1.50. The Morgan fingerprint density at radius 3 is 2.94 bits per heavy atom. The molecule has 98 valence electrons. The number of rotatable bonds is 5. The Morgan fingerprint density at radius 2 is 2.33 bits per heavy atom. The predicted octanol–water partition coefficient (Wildman–Crippen LogP) is 0.717. The summed E-state index contributed by atoms with van der Waals surface area (Å²) in [7, 11) is -3.59. The van der Waals surface area contributed by atoms with Crippen molar-refractivity contribution in [3.63, 3.8) is 0 Å². The smallest absolute Gasteiger partial charge is 0.258 e. The van der Waals surface area contributed by atoms with Gasteiger partial charge in [-0.2, -0.15) is 5.10 Å². The van der Waals surface area contributed by atoms with Crippen LogP contribution in [0.4, 0.5) is 0 Å². The van der Waals surface area contributed by atoms with Crippen molar-refractivity contribution in [2.75, 3.05) is 0 Å². The Hall–Kier alpha value is -1.22. The second-order valence-corrected chi connectivity index (χ2v) is 6.48. The summed E-state index contributed by atoms with van der Waals surface area (Å²) in [6.07, 6.45) is 1.42. The van der Waals surface area contributed by atoms with Crippen LogP contribution >= 0.6 is 11.3 Å². The van der Waals surface area contributed by atoms with Crippen LogP contribution in [0.5, 0.6) is 0 Å². The van der Waals surface area contributed by atoms with E-state index in [-0.39, 0.29) is 18.1 Å². The highest BCUT2D eigenvalue weighted by atomic mass is 32.2. The third kappa shape index (κ3) is 2.61. The van der Waals surface area contributed by atoms with Crippen molar-refractivity contribution in [1.29, 1.82) is 0 Å². The lowest BCUT2D eigenvalue weighted by Gasteiger charge is -2.05.